The van der Waals surface area contributed by atoms with E-state index in [1.807, 2.05) is 6.08 Å². The van der Waals surface area contributed by atoms with Crippen molar-refractivity contribution in [1.82, 2.24) is 0 Å². The number of hydrogen-bond acceptors (Lipinski definition) is 1. The molecule has 1 aromatic carbocycles. The van der Waals surface area contributed by atoms with Gasteiger partial charge in [0.05, 0.1) is 0 Å². The van der Waals surface area contributed by atoms with Crippen molar-refractivity contribution < 1.29 is 4.74 Å². The van der Waals surface area contributed by atoms with E-state index in [9.17, 15) is 0 Å². The first-order valence-electron chi connectivity index (χ1n) is 11.7. The molecule has 1 aromatic rings. The molecule has 0 spiro atoms. The van der Waals surface area contributed by atoms with Gasteiger partial charge in [-0.1, -0.05) is 100 Å². The van der Waals surface area contributed by atoms with Crippen molar-refractivity contribution >= 4 is 13.3 Å². The predicted octanol–water partition coefficient (Wildman–Crippen LogP) is 7.45. The third kappa shape index (κ3) is 6.22. The molecular formula is C27H42OSi. The van der Waals surface area contributed by atoms with Crippen LogP contribution in [0.5, 0.6) is 5.75 Å². The van der Waals surface area contributed by atoms with Crippen molar-refractivity contribution in [3.05, 3.63) is 58.8 Å². The Kier molecular flexibility index (Phi) is 9.49. The Morgan fingerprint density at radius 2 is 1.72 bits per heavy atom. The van der Waals surface area contributed by atoms with Crippen molar-refractivity contribution in [1.29, 1.82) is 0 Å². The molecule has 1 aliphatic rings. The molecule has 0 atom stereocenters. The van der Waals surface area contributed by atoms with Crippen LogP contribution in [0.15, 0.2) is 47.7 Å². The molecular weight excluding hydrogens is 368 g/mol. The summed E-state index contributed by atoms with van der Waals surface area (Å²) in [4.78, 5) is 0. The highest BCUT2D eigenvalue weighted by Gasteiger charge is 2.34. The fraction of sp³-hybridized carbons (Fsp3) is 0.556. The fourth-order valence-corrected chi connectivity index (χ4v) is 7.90. The Morgan fingerprint density at radius 3 is 2.31 bits per heavy atom. The summed E-state index contributed by atoms with van der Waals surface area (Å²) in [7, 11) is -1.80. The molecule has 0 radical (unpaired) electrons. The Bertz CT molecular complexity index is 739. The first-order valence-corrected chi connectivity index (χ1v) is 14.7. The molecule has 160 valence electrons. The van der Waals surface area contributed by atoms with Gasteiger partial charge in [0, 0.05) is 0 Å². The summed E-state index contributed by atoms with van der Waals surface area (Å²) in [6, 6.07) is 4.95. The van der Waals surface area contributed by atoms with Crippen LogP contribution in [0.1, 0.15) is 76.8 Å². The van der Waals surface area contributed by atoms with Crippen LogP contribution in [0.2, 0.25) is 13.1 Å². The van der Waals surface area contributed by atoms with Crippen molar-refractivity contribution in [3.63, 3.8) is 0 Å². The average molecular weight is 411 g/mol. The van der Waals surface area contributed by atoms with Crippen LogP contribution in [0.25, 0.3) is 0 Å². The second kappa shape index (κ2) is 11.6. The fourth-order valence-electron chi connectivity index (χ4n) is 4.53. The van der Waals surface area contributed by atoms with E-state index in [0.29, 0.717) is 6.61 Å². The summed E-state index contributed by atoms with van der Waals surface area (Å²) < 4.78 is 6.38. The molecule has 2 heteroatoms. The quantitative estimate of drug-likeness (QED) is 0.186. The minimum atomic E-state index is -1.80. The summed E-state index contributed by atoms with van der Waals surface area (Å²) in [5.41, 5.74) is 4.41. The van der Waals surface area contributed by atoms with Gasteiger partial charge < -0.3 is 4.74 Å². The zero-order valence-electron chi connectivity index (χ0n) is 19.6. The molecule has 2 rings (SSSR count). The molecule has 0 N–H and O–H groups in total. The maximum atomic E-state index is 6.38. The molecule has 0 fully saturated rings. The average Bonchev–Trinajstić information content (AvgIpc) is 3.14. The van der Waals surface area contributed by atoms with E-state index >= 15 is 0 Å². The van der Waals surface area contributed by atoms with Crippen molar-refractivity contribution in [3.8, 4) is 5.75 Å². The third-order valence-electron chi connectivity index (χ3n) is 6.28. The Balaban J connectivity index is 2.53. The van der Waals surface area contributed by atoms with Crippen LogP contribution < -0.4 is 9.92 Å². The second-order valence-electron chi connectivity index (χ2n) is 9.04. The topological polar surface area (TPSA) is 9.23 Å². The SMILES string of the molecule is C=CCOc1c(CCCCC)cc(CCCCC)cc1[Si](C)(C)C1=C(C)C=CC1. The second-order valence-corrected chi connectivity index (χ2v) is 13.4. The number of allylic oxidation sites excluding steroid dienone is 4. The summed E-state index contributed by atoms with van der Waals surface area (Å²) in [6.07, 6.45) is 17.6. The van der Waals surface area contributed by atoms with Crippen LogP contribution in [0, 0.1) is 0 Å². The summed E-state index contributed by atoms with van der Waals surface area (Å²) >= 11 is 0. The van der Waals surface area contributed by atoms with Crippen molar-refractivity contribution in [2.75, 3.05) is 6.61 Å². The maximum absolute atomic E-state index is 6.38. The van der Waals surface area contributed by atoms with Gasteiger partial charge in [-0.25, -0.2) is 0 Å². The number of rotatable bonds is 13. The zero-order valence-corrected chi connectivity index (χ0v) is 20.6. The highest BCUT2D eigenvalue weighted by Crippen LogP contribution is 2.33. The van der Waals surface area contributed by atoms with Gasteiger partial charge in [0.25, 0.3) is 0 Å². The van der Waals surface area contributed by atoms with Crippen LogP contribution >= 0.6 is 0 Å². The largest absolute Gasteiger partial charge is 0.489 e. The minimum absolute atomic E-state index is 0.587. The lowest BCUT2D eigenvalue weighted by molar-refractivity contribution is 0.361. The summed E-state index contributed by atoms with van der Waals surface area (Å²) in [5, 5.41) is 3.16. The van der Waals surface area contributed by atoms with Crippen molar-refractivity contribution in [2.24, 2.45) is 0 Å². The van der Waals surface area contributed by atoms with Gasteiger partial charge in [-0.15, -0.1) is 0 Å². The summed E-state index contributed by atoms with van der Waals surface area (Å²) in [5.74, 6) is 1.17. The van der Waals surface area contributed by atoms with Crippen molar-refractivity contribution in [2.45, 2.75) is 91.7 Å². The van der Waals surface area contributed by atoms with E-state index < -0.39 is 8.07 Å². The molecule has 29 heavy (non-hydrogen) atoms. The van der Waals surface area contributed by atoms with E-state index in [1.54, 1.807) is 5.20 Å². The lowest BCUT2D eigenvalue weighted by Crippen LogP contribution is -2.45. The molecule has 0 bridgehead atoms. The predicted molar refractivity (Wildman–Crippen MR) is 132 cm³/mol. The number of aryl methyl sites for hydroxylation is 2. The molecule has 0 amide bonds. The van der Waals surface area contributed by atoms with Gasteiger partial charge in [-0.2, -0.15) is 0 Å². The monoisotopic (exact) mass is 410 g/mol. The van der Waals surface area contributed by atoms with Gasteiger partial charge in [-0.05, 0) is 55.3 Å². The van der Waals surface area contributed by atoms with Gasteiger partial charge >= 0.3 is 0 Å². The number of hydrogen-bond donors (Lipinski definition) is 0. The molecule has 0 aromatic heterocycles. The molecule has 0 unspecified atom stereocenters. The Morgan fingerprint density at radius 1 is 1.03 bits per heavy atom. The summed E-state index contributed by atoms with van der Waals surface area (Å²) in [6.45, 7) is 16.4. The first-order chi connectivity index (χ1) is 14.0. The highest BCUT2D eigenvalue weighted by molar-refractivity contribution is 6.96. The smallest absolute Gasteiger partial charge is 0.122 e. The van der Waals surface area contributed by atoms with E-state index in [4.69, 9.17) is 4.74 Å². The lowest BCUT2D eigenvalue weighted by atomic mass is 10.00. The first kappa shape index (κ1) is 23.7. The van der Waals surface area contributed by atoms with Crippen LogP contribution in [-0.2, 0) is 12.8 Å². The lowest BCUT2D eigenvalue weighted by Gasteiger charge is -2.30. The van der Waals surface area contributed by atoms with E-state index in [2.05, 4.69) is 64.7 Å². The van der Waals surface area contributed by atoms with E-state index in [1.165, 1.54) is 72.6 Å². The van der Waals surface area contributed by atoms with Gasteiger partial charge in [0.2, 0.25) is 0 Å². The van der Waals surface area contributed by atoms with Crippen LogP contribution in [-0.4, -0.2) is 14.7 Å². The minimum Gasteiger partial charge on any atom is -0.489 e. The molecule has 0 heterocycles. The molecule has 0 saturated heterocycles. The number of ether oxygens (including phenoxy) is 1. The van der Waals surface area contributed by atoms with Gasteiger partial charge in [-0.3, -0.25) is 0 Å². The van der Waals surface area contributed by atoms with Gasteiger partial charge in [0.15, 0.2) is 0 Å². The van der Waals surface area contributed by atoms with Crippen LogP contribution in [0.3, 0.4) is 0 Å². The molecule has 0 aliphatic heterocycles. The molecule has 0 saturated carbocycles. The zero-order chi connectivity index (χ0) is 21.3. The normalized spacial score (nSPS) is 14.0. The van der Waals surface area contributed by atoms with E-state index in [-0.39, 0.29) is 0 Å². The van der Waals surface area contributed by atoms with E-state index in [0.717, 1.165) is 12.8 Å². The standard InChI is InChI=1S/C27H42OSi/c1-7-10-12-16-23-20-24(17-13-11-8-2)27(28-19-9-3)26(21-23)29(5,6)25-18-14-15-22(25)4/h9,14-15,20-21H,3,7-8,10-13,16-19H2,1-2,4-6H3. The number of benzene rings is 1. The van der Waals surface area contributed by atoms with Crippen LogP contribution in [0.4, 0.5) is 0 Å². The Labute approximate surface area is 181 Å². The third-order valence-corrected chi connectivity index (χ3v) is 10.1. The highest BCUT2D eigenvalue weighted by atomic mass is 28.3. The molecule has 1 nitrogen and oxygen atoms in total. The Hall–Kier alpha value is -1.54. The maximum Gasteiger partial charge on any atom is 0.122 e. The van der Waals surface area contributed by atoms with Gasteiger partial charge in [0.1, 0.15) is 20.4 Å². The molecule has 1 aliphatic carbocycles. The number of unbranched alkanes of at least 4 members (excludes halogenated alkanes) is 4.